The van der Waals surface area contributed by atoms with Gasteiger partial charge in [0.05, 0.1) is 5.56 Å². The number of rotatable bonds is 3. The summed E-state index contributed by atoms with van der Waals surface area (Å²) in [6.07, 6.45) is 0. The fraction of sp³-hybridized carbons (Fsp3) is 0. The van der Waals surface area contributed by atoms with Gasteiger partial charge in [-0.1, -0.05) is 35.0 Å². The molecule has 0 spiro atoms. The van der Waals surface area contributed by atoms with Crippen LogP contribution in [0.4, 0.5) is 0 Å². The lowest BCUT2D eigenvalue weighted by molar-refractivity contribution is 0.318. The van der Waals surface area contributed by atoms with Crippen molar-refractivity contribution in [2.45, 2.75) is 0 Å². The van der Waals surface area contributed by atoms with Crippen LogP contribution < -0.4 is 10.5 Å². The second kappa shape index (κ2) is 5.42. The maximum absolute atomic E-state index is 8.72. The minimum Gasteiger partial charge on any atom is -0.457 e. The Hall–Kier alpha value is -2.20. The first-order valence-electron chi connectivity index (χ1n) is 5.21. The van der Waals surface area contributed by atoms with Crippen LogP contribution in [0.25, 0.3) is 0 Å². The highest BCUT2D eigenvalue weighted by Crippen LogP contribution is 2.28. The maximum Gasteiger partial charge on any atom is 0.173 e. The van der Waals surface area contributed by atoms with Crippen molar-refractivity contribution in [2.24, 2.45) is 10.9 Å². The molecule has 0 aliphatic carbocycles. The molecule has 0 atom stereocenters. The third-order valence-electron chi connectivity index (χ3n) is 2.30. The molecule has 0 heterocycles. The van der Waals surface area contributed by atoms with Gasteiger partial charge in [0.1, 0.15) is 11.5 Å². The van der Waals surface area contributed by atoms with E-state index in [2.05, 4.69) is 5.16 Å². The lowest BCUT2D eigenvalue weighted by Crippen LogP contribution is -2.14. The average Bonchev–Trinajstić information content (AvgIpc) is 2.39. The highest BCUT2D eigenvalue weighted by molar-refractivity contribution is 6.30. The Bertz CT molecular complexity index is 570. The van der Waals surface area contributed by atoms with Crippen LogP contribution in [-0.2, 0) is 0 Å². The summed E-state index contributed by atoms with van der Waals surface area (Å²) in [4.78, 5) is 0. The number of oxime groups is 1. The van der Waals surface area contributed by atoms with Gasteiger partial charge in [-0.2, -0.15) is 0 Å². The van der Waals surface area contributed by atoms with Crippen LogP contribution in [0.15, 0.2) is 53.7 Å². The summed E-state index contributed by atoms with van der Waals surface area (Å²) in [5.74, 6) is 1.05. The molecular formula is C13H11ClN2O2. The zero-order valence-electron chi connectivity index (χ0n) is 9.38. The predicted molar refractivity (Wildman–Crippen MR) is 70.5 cm³/mol. The van der Waals surface area contributed by atoms with Crippen LogP contribution in [0, 0.1) is 0 Å². The SMILES string of the molecule is NC(=NO)c1ccc(Cl)cc1Oc1ccccc1. The number of hydrogen-bond donors (Lipinski definition) is 2. The quantitative estimate of drug-likeness (QED) is 0.386. The molecule has 0 saturated heterocycles. The standard InChI is InChI=1S/C13H11ClN2O2/c14-9-6-7-11(13(15)16-17)12(8-9)18-10-4-2-1-3-5-10/h1-8,17H,(H2,15,16). The summed E-state index contributed by atoms with van der Waals surface area (Å²) >= 11 is 5.91. The predicted octanol–water partition coefficient (Wildman–Crippen LogP) is 3.23. The van der Waals surface area contributed by atoms with Gasteiger partial charge in [-0.05, 0) is 24.3 Å². The van der Waals surface area contributed by atoms with E-state index >= 15 is 0 Å². The minimum absolute atomic E-state index is 0.0300. The zero-order valence-corrected chi connectivity index (χ0v) is 10.1. The number of para-hydroxylation sites is 1. The summed E-state index contributed by atoms with van der Waals surface area (Å²) in [6.45, 7) is 0. The topological polar surface area (TPSA) is 67.8 Å². The van der Waals surface area contributed by atoms with Gasteiger partial charge < -0.3 is 15.7 Å². The van der Waals surface area contributed by atoms with E-state index < -0.39 is 0 Å². The Balaban J connectivity index is 2.40. The summed E-state index contributed by atoms with van der Waals surface area (Å²) < 4.78 is 5.66. The summed E-state index contributed by atoms with van der Waals surface area (Å²) in [7, 11) is 0. The van der Waals surface area contributed by atoms with Crippen molar-refractivity contribution in [1.29, 1.82) is 0 Å². The fourth-order valence-electron chi connectivity index (χ4n) is 1.46. The van der Waals surface area contributed by atoms with Crippen LogP contribution >= 0.6 is 11.6 Å². The van der Waals surface area contributed by atoms with Gasteiger partial charge in [-0.3, -0.25) is 0 Å². The van der Waals surface area contributed by atoms with Crippen LogP contribution in [0.2, 0.25) is 5.02 Å². The second-order valence-electron chi connectivity index (χ2n) is 3.54. The molecule has 0 radical (unpaired) electrons. The molecule has 3 N–H and O–H groups in total. The molecule has 2 rings (SSSR count). The molecule has 0 fully saturated rings. The number of ether oxygens (including phenoxy) is 1. The van der Waals surface area contributed by atoms with E-state index in [1.165, 1.54) is 0 Å². The van der Waals surface area contributed by atoms with Crippen LogP contribution in [-0.4, -0.2) is 11.0 Å². The van der Waals surface area contributed by atoms with Gasteiger partial charge in [-0.15, -0.1) is 0 Å². The van der Waals surface area contributed by atoms with E-state index in [0.29, 0.717) is 22.1 Å². The Morgan fingerprint density at radius 1 is 1.17 bits per heavy atom. The molecule has 4 nitrogen and oxygen atoms in total. The summed E-state index contributed by atoms with van der Waals surface area (Å²) in [5, 5.41) is 12.2. The van der Waals surface area contributed by atoms with E-state index in [9.17, 15) is 0 Å². The summed E-state index contributed by atoms with van der Waals surface area (Å²) in [5.41, 5.74) is 6.05. The Morgan fingerprint density at radius 3 is 2.56 bits per heavy atom. The van der Waals surface area contributed by atoms with E-state index in [1.807, 2.05) is 18.2 Å². The largest absolute Gasteiger partial charge is 0.457 e. The van der Waals surface area contributed by atoms with Crippen LogP contribution in [0.5, 0.6) is 11.5 Å². The monoisotopic (exact) mass is 262 g/mol. The van der Waals surface area contributed by atoms with Crippen LogP contribution in [0.3, 0.4) is 0 Å². The molecule has 0 aromatic heterocycles. The minimum atomic E-state index is -0.0300. The van der Waals surface area contributed by atoms with Gasteiger partial charge in [0, 0.05) is 11.1 Å². The van der Waals surface area contributed by atoms with E-state index in [-0.39, 0.29) is 5.84 Å². The molecule has 0 amide bonds. The van der Waals surface area contributed by atoms with Crippen molar-refractivity contribution >= 4 is 17.4 Å². The number of hydrogen-bond acceptors (Lipinski definition) is 3. The Morgan fingerprint density at radius 2 is 1.89 bits per heavy atom. The molecule has 0 aliphatic rings. The maximum atomic E-state index is 8.72. The van der Waals surface area contributed by atoms with Gasteiger partial charge in [0.25, 0.3) is 0 Å². The first kappa shape index (κ1) is 12.3. The number of nitrogens with two attached hydrogens (primary N) is 1. The highest BCUT2D eigenvalue weighted by Gasteiger charge is 2.10. The molecule has 5 heteroatoms. The summed E-state index contributed by atoms with van der Waals surface area (Å²) in [6, 6.07) is 14.1. The van der Waals surface area contributed by atoms with E-state index in [4.69, 9.17) is 27.3 Å². The van der Waals surface area contributed by atoms with Gasteiger partial charge in [0.15, 0.2) is 5.84 Å². The van der Waals surface area contributed by atoms with Crippen molar-refractivity contribution in [3.63, 3.8) is 0 Å². The Kier molecular flexibility index (Phi) is 3.69. The smallest absolute Gasteiger partial charge is 0.173 e. The normalized spacial score (nSPS) is 11.3. The lowest BCUT2D eigenvalue weighted by atomic mass is 10.2. The molecule has 0 bridgehead atoms. The lowest BCUT2D eigenvalue weighted by Gasteiger charge is -2.10. The molecule has 2 aromatic rings. The van der Waals surface area contributed by atoms with Crippen molar-refractivity contribution < 1.29 is 9.94 Å². The van der Waals surface area contributed by atoms with Gasteiger partial charge in [0.2, 0.25) is 0 Å². The number of benzene rings is 2. The molecular weight excluding hydrogens is 252 g/mol. The third-order valence-corrected chi connectivity index (χ3v) is 2.53. The fourth-order valence-corrected chi connectivity index (χ4v) is 1.62. The van der Waals surface area contributed by atoms with Gasteiger partial charge >= 0.3 is 0 Å². The van der Waals surface area contributed by atoms with Crippen molar-refractivity contribution in [3.05, 3.63) is 59.1 Å². The first-order valence-corrected chi connectivity index (χ1v) is 5.59. The average molecular weight is 263 g/mol. The number of nitrogens with zero attached hydrogens (tertiary/aromatic N) is 1. The zero-order chi connectivity index (χ0) is 13.0. The molecule has 0 saturated carbocycles. The van der Waals surface area contributed by atoms with Crippen molar-refractivity contribution in [1.82, 2.24) is 0 Å². The van der Waals surface area contributed by atoms with Crippen LogP contribution in [0.1, 0.15) is 5.56 Å². The van der Waals surface area contributed by atoms with Crippen molar-refractivity contribution in [2.75, 3.05) is 0 Å². The first-order chi connectivity index (χ1) is 8.70. The second-order valence-corrected chi connectivity index (χ2v) is 3.98. The third kappa shape index (κ3) is 2.73. The number of halogens is 1. The Labute approximate surface area is 109 Å². The highest BCUT2D eigenvalue weighted by atomic mass is 35.5. The molecule has 2 aromatic carbocycles. The number of amidine groups is 1. The molecule has 0 unspecified atom stereocenters. The van der Waals surface area contributed by atoms with Gasteiger partial charge in [-0.25, -0.2) is 0 Å². The molecule has 0 aliphatic heterocycles. The molecule has 18 heavy (non-hydrogen) atoms. The molecule has 92 valence electrons. The van der Waals surface area contributed by atoms with E-state index in [0.717, 1.165) is 0 Å². The van der Waals surface area contributed by atoms with Crippen molar-refractivity contribution in [3.8, 4) is 11.5 Å². The van der Waals surface area contributed by atoms with E-state index in [1.54, 1.807) is 30.3 Å².